The van der Waals surface area contributed by atoms with Gasteiger partial charge in [0.1, 0.15) is 22.1 Å². The minimum atomic E-state index is -0.119. The molecule has 0 radical (unpaired) electrons. The third kappa shape index (κ3) is 10.00. The van der Waals surface area contributed by atoms with Crippen molar-refractivity contribution < 1.29 is 0 Å². The molecule has 0 saturated heterocycles. The molecule has 3 aliphatic rings. The summed E-state index contributed by atoms with van der Waals surface area (Å²) in [6.45, 7) is 18.8. The number of unbranched alkanes of at least 4 members (excludes halogenated alkanes) is 18. The predicted octanol–water partition coefficient (Wildman–Crippen LogP) is 22.7. The lowest BCUT2D eigenvalue weighted by Gasteiger charge is -2.35. The lowest BCUT2D eigenvalue weighted by Crippen LogP contribution is -2.27. The van der Waals surface area contributed by atoms with E-state index < -0.39 is 0 Å². The van der Waals surface area contributed by atoms with Crippen molar-refractivity contribution in [2.24, 2.45) is 0 Å². The highest BCUT2D eigenvalue weighted by Crippen LogP contribution is 2.65. The predicted molar refractivity (Wildman–Crippen MR) is 330 cm³/mol. The first-order valence-electron chi connectivity index (χ1n) is 30.8. The van der Waals surface area contributed by atoms with Crippen LogP contribution in [0.1, 0.15) is 278 Å². The number of rotatable bonds is 31. The standard InChI is InChI=1S/C67H90N4S4/c1-9-15-21-27-33-65(34-28-22-16-10-2)50-42-48-51(41-47(50)57-52(65)39-45(7)59-61(57)70-74-68-59)66(35-29-23-17-11-3,36-30-24-18-12-4)53-43-49(60-62(58(48)53)71-75-69-60)56-44-55-64(73-56)63-54(40-46(8)72-63)67(55,37-31-25-19-13-5)38-32-26-20-14-6/h39-44H,9-38H2,1-8H3. The van der Waals surface area contributed by atoms with Gasteiger partial charge in [0.15, 0.2) is 0 Å². The van der Waals surface area contributed by atoms with Crippen molar-refractivity contribution in [2.75, 3.05) is 0 Å². The van der Waals surface area contributed by atoms with Crippen LogP contribution in [0, 0.1) is 13.8 Å². The van der Waals surface area contributed by atoms with Crippen LogP contribution in [-0.4, -0.2) is 17.5 Å². The van der Waals surface area contributed by atoms with Gasteiger partial charge in [0, 0.05) is 52.4 Å². The monoisotopic (exact) mass is 1080 g/mol. The van der Waals surface area contributed by atoms with Gasteiger partial charge in [-0.15, -0.1) is 22.7 Å². The van der Waals surface area contributed by atoms with Crippen molar-refractivity contribution in [3.8, 4) is 42.4 Å². The fourth-order valence-electron chi connectivity index (χ4n) is 15.0. The summed E-state index contributed by atoms with van der Waals surface area (Å²) in [7, 11) is 0. The molecule has 0 bridgehead atoms. The zero-order valence-corrected chi connectivity index (χ0v) is 50.9. The average Bonchev–Trinajstić information content (AvgIpc) is 4.37. The number of hydrogen-bond acceptors (Lipinski definition) is 8. The Kier molecular flexibility index (Phi) is 17.9. The molecule has 8 heteroatoms. The first-order valence-corrected chi connectivity index (χ1v) is 33.9. The summed E-state index contributed by atoms with van der Waals surface area (Å²) >= 11 is 7.00. The first kappa shape index (κ1) is 55.0. The van der Waals surface area contributed by atoms with E-state index in [1.54, 1.807) is 43.1 Å². The molecule has 4 aromatic heterocycles. The normalized spacial score (nSPS) is 15.3. The molecule has 0 amide bonds. The summed E-state index contributed by atoms with van der Waals surface area (Å²) in [5.41, 5.74) is 22.3. The summed E-state index contributed by atoms with van der Waals surface area (Å²) in [6.07, 6.45) is 38.0. The molecule has 10 rings (SSSR count). The highest BCUT2D eigenvalue weighted by atomic mass is 32.1. The number of fused-ring (bicyclic) bond motifs is 13. The molecule has 0 N–H and O–H groups in total. The summed E-state index contributed by atoms with van der Waals surface area (Å²) in [5.74, 6) is 0. The smallest absolute Gasteiger partial charge is 0.114 e. The Hall–Kier alpha value is -3.30. The van der Waals surface area contributed by atoms with Gasteiger partial charge in [0.2, 0.25) is 0 Å². The van der Waals surface area contributed by atoms with Gasteiger partial charge in [-0.1, -0.05) is 202 Å². The molecule has 3 aliphatic carbocycles. The maximum Gasteiger partial charge on any atom is 0.114 e. The summed E-state index contributed by atoms with van der Waals surface area (Å²) in [6, 6.07) is 16.2. The maximum absolute atomic E-state index is 5.48. The van der Waals surface area contributed by atoms with Crippen molar-refractivity contribution in [1.29, 1.82) is 0 Å². The van der Waals surface area contributed by atoms with E-state index in [1.165, 1.54) is 259 Å². The fraction of sp³-hybridized carbons (Fsp3) is 0.612. The van der Waals surface area contributed by atoms with Gasteiger partial charge in [-0.2, -0.15) is 17.5 Å². The van der Waals surface area contributed by atoms with Crippen LogP contribution in [-0.2, 0) is 16.2 Å². The van der Waals surface area contributed by atoms with Crippen molar-refractivity contribution in [3.63, 3.8) is 0 Å². The minimum Gasteiger partial charge on any atom is -0.173 e. The maximum atomic E-state index is 5.48. The van der Waals surface area contributed by atoms with E-state index in [2.05, 4.69) is 114 Å². The number of aromatic nitrogens is 4. The number of aryl methyl sites for hydroxylation is 2. The molecule has 0 aliphatic heterocycles. The van der Waals surface area contributed by atoms with Crippen LogP contribution >= 0.6 is 46.1 Å². The van der Waals surface area contributed by atoms with Crippen molar-refractivity contribution in [2.45, 2.75) is 264 Å². The van der Waals surface area contributed by atoms with Gasteiger partial charge >= 0.3 is 0 Å². The van der Waals surface area contributed by atoms with E-state index >= 15 is 0 Å². The summed E-state index contributed by atoms with van der Waals surface area (Å²) < 4.78 is 21.1. The van der Waals surface area contributed by atoms with Crippen molar-refractivity contribution in [3.05, 3.63) is 80.2 Å². The number of thiophene rings is 2. The molecule has 0 unspecified atom stereocenters. The molecule has 0 atom stereocenters. The van der Waals surface area contributed by atoms with Gasteiger partial charge < -0.3 is 0 Å². The van der Waals surface area contributed by atoms with Gasteiger partial charge in [-0.3, -0.25) is 0 Å². The third-order valence-electron chi connectivity index (χ3n) is 18.9. The van der Waals surface area contributed by atoms with Crippen LogP contribution in [0.3, 0.4) is 0 Å². The average molecular weight is 1080 g/mol. The summed E-state index contributed by atoms with van der Waals surface area (Å²) in [5, 5.41) is 0. The number of nitrogens with zero attached hydrogens (tertiary/aromatic N) is 4. The third-order valence-corrected chi connectivity index (χ3v) is 22.3. The number of benzene rings is 3. The first-order chi connectivity index (χ1) is 36.7. The van der Waals surface area contributed by atoms with Gasteiger partial charge in [-0.05, 0) is 133 Å². The highest BCUT2D eigenvalue weighted by Gasteiger charge is 2.51. The Balaban J connectivity index is 1.21. The Labute approximate surface area is 469 Å². The van der Waals surface area contributed by atoms with Crippen LogP contribution in [0.15, 0.2) is 36.4 Å². The molecule has 0 saturated carbocycles. The minimum absolute atomic E-state index is 0.0626. The quantitative estimate of drug-likeness (QED) is 0.0407. The molecule has 402 valence electrons. The molecular formula is C67H90N4S4. The fourth-order valence-corrected chi connectivity index (χ4v) is 18.7. The van der Waals surface area contributed by atoms with Crippen LogP contribution in [0.25, 0.3) is 64.5 Å². The zero-order valence-electron chi connectivity index (χ0n) is 47.6. The van der Waals surface area contributed by atoms with Crippen LogP contribution in [0.2, 0.25) is 0 Å². The van der Waals surface area contributed by atoms with Crippen LogP contribution in [0.5, 0.6) is 0 Å². The second-order valence-corrected chi connectivity index (χ2v) is 27.3. The Morgan fingerprint density at radius 3 is 1.15 bits per heavy atom. The Morgan fingerprint density at radius 1 is 0.333 bits per heavy atom. The van der Waals surface area contributed by atoms with E-state index in [0.717, 1.165) is 22.1 Å². The molecule has 4 heterocycles. The van der Waals surface area contributed by atoms with Gasteiger partial charge in [0.05, 0.1) is 23.5 Å². The highest BCUT2D eigenvalue weighted by molar-refractivity contribution is 7.24. The Bertz CT molecular complexity index is 3010. The molecule has 0 fully saturated rings. The Morgan fingerprint density at radius 2 is 0.693 bits per heavy atom. The summed E-state index contributed by atoms with van der Waals surface area (Å²) in [4.78, 5) is 5.99. The molecule has 7 aromatic rings. The molecule has 3 aromatic carbocycles. The van der Waals surface area contributed by atoms with E-state index in [4.69, 9.17) is 17.5 Å². The van der Waals surface area contributed by atoms with Crippen LogP contribution in [0.4, 0.5) is 0 Å². The zero-order chi connectivity index (χ0) is 52.2. The molecular weight excluding hydrogens is 989 g/mol. The second kappa shape index (κ2) is 24.4. The number of hydrogen-bond donors (Lipinski definition) is 0. The lowest BCUT2D eigenvalue weighted by molar-refractivity contribution is 0.397. The SMILES string of the molecule is CCCCCCC1(CCCCCC)c2cc(C)sc2-c2sc(-c3cc4c(c5nsnc35)-c3cc5c(cc3C4(CCCCCC)CCCCCC)-c3c(cc(C)c4nsnc34)C5(CCCCCC)CCCCCC)cc21. The van der Waals surface area contributed by atoms with Crippen LogP contribution < -0.4 is 0 Å². The van der Waals surface area contributed by atoms with Gasteiger partial charge in [0.25, 0.3) is 0 Å². The van der Waals surface area contributed by atoms with Gasteiger partial charge in [-0.25, -0.2) is 0 Å². The van der Waals surface area contributed by atoms with E-state index in [0.29, 0.717) is 0 Å². The molecule has 0 spiro atoms. The van der Waals surface area contributed by atoms with E-state index in [-0.39, 0.29) is 16.2 Å². The second-order valence-electron chi connectivity index (χ2n) is 23.9. The lowest BCUT2D eigenvalue weighted by atomic mass is 9.68. The van der Waals surface area contributed by atoms with E-state index in [1.807, 2.05) is 0 Å². The largest absolute Gasteiger partial charge is 0.173 e. The van der Waals surface area contributed by atoms with Crippen molar-refractivity contribution in [1.82, 2.24) is 17.5 Å². The molecule has 75 heavy (non-hydrogen) atoms. The topological polar surface area (TPSA) is 51.6 Å². The van der Waals surface area contributed by atoms with Crippen molar-refractivity contribution >= 4 is 68.2 Å². The van der Waals surface area contributed by atoms with E-state index in [9.17, 15) is 0 Å². The molecule has 4 nitrogen and oxygen atoms in total.